The maximum Gasteiger partial charge on any atom is 0.306 e. The number of unbranched alkanes of at least 4 members (excludes halogenated alkanes) is 1. The Kier molecular flexibility index (Phi) is 7.96. The summed E-state index contributed by atoms with van der Waals surface area (Å²) in [5.41, 5.74) is 0. The third-order valence-electron chi connectivity index (χ3n) is 2.12. The van der Waals surface area contributed by atoms with Gasteiger partial charge in [-0.05, 0) is 19.3 Å². The van der Waals surface area contributed by atoms with Crippen LogP contribution in [0.5, 0.6) is 0 Å². The quantitative estimate of drug-likeness (QED) is 0.390. The fraction of sp³-hybridized carbons (Fsp3) is 0.667. The second-order valence-electron chi connectivity index (χ2n) is 3.53. The van der Waals surface area contributed by atoms with E-state index in [2.05, 4.69) is 5.92 Å². The van der Waals surface area contributed by atoms with Gasteiger partial charge in [-0.1, -0.05) is 6.92 Å². The van der Waals surface area contributed by atoms with Crippen molar-refractivity contribution in [1.82, 2.24) is 0 Å². The lowest BCUT2D eigenvalue weighted by molar-refractivity contribution is -0.149. The molecule has 4 nitrogen and oxygen atoms in total. The zero-order valence-electron chi connectivity index (χ0n) is 9.57. The van der Waals surface area contributed by atoms with E-state index in [-0.39, 0.29) is 24.9 Å². The van der Waals surface area contributed by atoms with Crippen LogP contribution in [0.3, 0.4) is 0 Å². The van der Waals surface area contributed by atoms with E-state index in [1.54, 1.807) is 0 Å². The van der Waals surface area contributed by atoms with Crippen LogP contribution in [0, 0.1) is 12.3 Å². The maximum atomic E-state index is 11.3. The number of terminal acetylenes is 1. The topological polar surface area (TPSA) is 63.6 Å². The number of hydrogen-bond donors (Lipinski definition) is 1. The first kappa shape index (κ1) is 14.5. The average Bonchev–Trinajstić information content (AvgIpc) is 2.23. The molecular formula is C12H18O4. The molecule has 0 aromatic heterocycles. The van der Waals surface area contributed by atoms with Crippen molar-refractivity contribution in [1.29, 1.82) is 0 Å². The second kappa shape index (κ2) is 8.78. The number of carboxylic acid groups (broad SMARTS) is 1. The number of hydrogen-bond acceptors (Lipinski definition) is 3. The predicted octanol–water partition coefficient (Wildman–Crippen LogP) is 1.98. The molecule has 1 atom stereocenters. The number of ether oxygens (including phenoxy) is 1. The van der Waals surface area contributed by atoms with E-state index in [0.717, 1.165) is 0 Å². The van der Waals surface area contributed by atoms with Crippen molar-refractivity contribution in [2.75, 3.05) is 0 Å². The highest BCUT2D eigenvalue weighted by Crippen LogP contribution is 2.07. The van der Waals surface area contributed by atoms with Gasteiger partial charge < -0.3 is 9.84 Å². The summed E-state index contributed by atoms with van der Waals surface area (Å²) < 4.78 is 5.12. The molecule has 0 heterocycles. The molecule has 0 aliphatic carbocycles. The van der Waals surface area contributed by atoms with Gasteiger partial charge in [-0.25, -0.2) is 0 Å². The Morgan fingerprint density at radius 3 is 2.50 bits per heavy atom. The summed E-state index contributed by atoms with van der Waals surface area (Å²) in [4.78, 5) is 21.5. The Bertz CT molecular complexity index is 265. The third-order valence-corrected chi connectivity index (χ3v) is 2.12. The molecule has 16 heavy (non-hydrogen) atoms. The summed E-state index contributed by atoms with van der Waals surface area (Å²) >= 11 is 0. The van der Waals surface area contributed by atoms with Gasteiger partial charge in [0, 0.05) is 19.3 Å². The van der Waals surface area contributed by atoms with Crippen LogP contribution < -0.4 is 0 Å². The van der Waals surface area contributed by atoms with Gasteiger partial charge in [0.2, 0.25) is 0 Å². The highest BCUT2D eigenvalue weighted by Gasteiger charge is 2.11. The minimum Gasteiger partial charge on any atom is -0.481 e. The van der Waals surface area contributed by atoms with Gasteiger partial charge in [0.1, 0.15) is 6.10 Å². The first-order valence-corrected chi connectivity index (χ1v) is 5.44. The van der Waals surface area contributed by atoms with Crippen LogP contribution in [0.1, 0.15) is 45.4 Å². The molecular weight excluding hydrogens is 208 g/mol. The van der Waals surface area contributed by atoms with Crippen molar-refractivity contribution in [3.8, 4) is 12.3 Å². The molecule has 90 valence electrons. The Morgan fingerprint density at radius 1 is 1.38 bits per heavy atom. The van der Waals surface area contributed by atoms with Crippen molar-refractivity contribution >= 4 is 11.9 Å². The molecule has 0 radical (unpaired) electrons. The summed E-state index contributed by atoms with van der Waals surface area (Å²) in [6.07, 6.45) is 7.43. The summed E-state index contributed by atoms with van der Waals surface area (Å²) in [7, 11) is 0. The number of carboxylic acids is 1. The van der Waals surface area contributed by atoms with Crippen LogP contribution in [-0.4, -0.2) is 23.1 Å². The molecule has 0 fully saturated rings. The third kappa shape index (κ3) is 7.86. The summed E-state index contributed by atoms with van der Waals surface area (Å²) in [6, 6.07) is 0. The lowest BCUT2D eigenvalue weighted by atomic mass is 10.2. The molecule has 0 saturated heterocycles. The molecule has 0 aromatic carbocycles. The molecule has 0 bridgehead atoms. The molecule has 0 aliphatic rings. The molecule has 0 amide bonds. The largest absolute Gasteiger partial charge is 0.481 e. The number of aliphatic carboxylic acids is 1. The standard InChI is InChI=1S/C12H18O4/c1-3-7-10(4-2)16-12(15)9-6-5-8-11(13)14/h1,10H,4-9H2,2H3,(H,13,14). The average molecular weight is 226 g/mol. The zero-order valence-corrected chi connectivity index (χ0v) is 9.57. The van der Waals surface area contributed by atoms with Gasteiger partial charge >= 0.3 is 11.9 Å². The fourth-order valence-corrected chi connectivity index (χ4v) is 1.19. The van der Waals surface area contributed by atoms with E-state index in [0.29, 0.717) is 25.7 Å². The number of rotatable bonds is 8. The highest BCUT2D eigenvalue weighted by molar-refractivity contribution is 5.70. The van der Waals surface area contributed by atoms with Gasteiger partial charge in [0.25, 0.3) is 0 Å². The fourth-order valence-electron chi connectivity index (χ4n) is 1.19. The van der Waals surface area contributed by atoms with Crippen molar-refractivity contribution in [3.05, 3.63) is 0 Å². The smallest absolute Gasteiger partial charge is 0.306 e. The molecule has 0 rings (SSSR count). The van der Waals surface area contributed by atoms with Crippen LogP contribution >= 0.6 is 0 Å². The summed E-state index contributed by atoms with van der Waals surface area (Å²) in [5, 5.41) is 8.39. The van der Waals surface area contributed by atoms with Crippen LogP contribution in [-0.2, 0) is 14.3 Å². The SMILES string of the molecule is C#CCC(CC)OC(=O)CCCCC(=O)O. The molecule has 1 N–H and O–H groups in total. The van der Waals surface area contributed by atoms with E-state index in [1.807, 2.05) is 6.92 Å². The summed E-state index contributed by atoms with van der Waals surface area (Å²) in [5.74, 6) is 1.31. The van der Waals surface area contributed by atoms with Gasteiger partial charge in [0.05, 0.1) is 0 Å². The maximum absolute atomic E-state index is 11.3. The Hall–Kier alpha value is -1.50. The van der Waals surface area contributed by atoms with Crippen LogP contribution in [0.2, 0.25) is 0 Å². The van der Waals surface area contributed by atoms with Crippen molar-refractivity contribution in [3.63, 3.8) is 0 Å². The minimum atomic E-state index is -0.841. The second-order valence-corrected chi connectivity index (χ2v) is 3.53. The minimum absolute atomic E-state index is 0.0921. The van der Waals surface area contributed by atoms with E-state index in [1.165, 1.54) is 0 Å². The molecule has 0 aromatic rings. The molecule has 0 aliphatic heterocycles. The van der Waals surface area contributed by atoms with Crippen LogP contribution in [0.25, 0.3) is 0 Å². The van der Waals surface area contributed by atoms with Gasteiger partial charge in [0.15, 0.2) is 0 Å². The van der Waals surface area contributed by atoms with Gasteiger partial charge in [-0.3, -0.25) is 9.59 Å². The van der Waals surface area contributed by atoms with E-state index in [9.17, 15) is 9.59 Å². The Labute approximate surface area is 96.0 Å². The first-order chi connectivity index (χ1) is 7.60. The highest BCUT2D eigenvalue weighted by atomic mass is 16.5. The lowest BCUT2D eigenvalue weighted by Gasteiger charge is -2.13. The van der Waals surface area contributed by atoms with E-state index >= 15 is 0 Å². The van der Waals surface area contributed by atoms with Crippen LogP contribution in [0.4, 0.5) is 0 Å². The van der Waals surface area contributed by atoms with Crippen molar-refractivity contribution in [2.45, 2.75) is 51.6 Å². The monoisotopic (exact) mass is 226 g/mol. The van der Waals surface area contributed by atoms with E-state index < -0.39 is 5.97 Å². The predicted molar refractivity (Wildman–Crippen MR) is 59.7 cm³/mol. The zero-order chi connectivity index (χ0) is 12.4. The number of carbonyl (C=O) groups is 2. The van der Waals surface area contributed by atoms with Crippen molar-refractivity contribution < 1.29 is 19.4 Å². The number of esters is 1. The van der Waals surface area contributed by atoms with E-state index in [4.69, 9.17) is 16.3 Å². The number of carbonyl (C=O) groups excluding carboxylic acids is 1. The first-order valence-electron chi connectivity index (χ1n) is 5.44. The van der Waals surface area contributed by atoms with Crippen LogP contribution in [0.15, 0.2) is 0 Å². The normalized spacial score (nSPS) is 11.5. The van der Waals surface area contributed by atoms with Gasteiger partial charge in [-0.2, -0.15) is 0 Å². The van der Waals surface area contributed by atoms with Crippen molar-refractivity contribution in [2.24, 2.45) is 0 Å². The molecule has 0 spiro atoms. The molecule has 4 heteroatoms. The Morgan fingerprint density at radius 2 is 2.00 bits per heavy atom. The molecule has 0 saturated carbocycles. The van der Waals surface area contributed by atoms with Gasteiger partial charge in [-0.15, -0.1) is 12.3 Å². The lowest BCUT2D eigenvalue weighted by Crippen LogP contribution is -2.16. The molecule has 1 unspecified atom stereocenters. The summed E-state index contributed by atoms with van der Waals surface area (Å²) in [6.45, 7) is 1.90. The Balaban J connectivity index is 3.65.